The van der Waals surface area contributed by atoms with E-state index in [2.05, 4.69) is 25.2 Å². The number of alkyl halides is 2. The van der Waals surface area contributed by atoms with Gasteiger partial charge in [-0.2, -0.15) is 13.9 Å². The molecular weight excluding hydrogens is 374 g/mol. The molecule has 0 radical (unpaired) electrons. The minimum Gasteiger partial charge on any atom is -0.435 e. The Kier molecular flexibility index (Phi) is 4.61. The minimum atomic E-state index is -2.86. The number of anilines is 1. The van der Waals surface area contributed by atoms with E-state index in [0.717, 1.165) is 29.0 Å². The number of ether oxygens (including phenoxy) is 1. The molecule has 0 unspecified atom stereocenters. The molecule has 1 fully saturated rings. The zero-order valence-corrected chi connectivity index (χ0v) is 15.1. The van der Waals surface area contributed by atoms with Crippen LogP contribution in [0.4, 0.5) is 13.9 Å². The Bertz CT molecular complexity index is 964. The van der Waals surface area contributed by atoms with Crippen molar-refractivity contribution in [1.29, 1.82) is 0 Å². The van der Waals surface area contributed by atoms with Gasteiger partial charge in [0.05, 0.1) is 5.69 Å². The Morgan fingerprint density at radius 2 is 2.07 bits per heavy atom. The van der Waals surface area contributed by atoms with Gasteiger partial charge in [0.2, 0.25) is 0 Å². The molecule has 0 saturated heterocycles. The van der Waals surface area contributed by atoms with E-state index in [-0.39, 0.29) is 11.7 Å². The fraction of sp³-hybridized carbons (Fsp3) is 0.278. The SMILES string of the molecule is Cc1sc(NC(=O)c2cc(C3CC3)[nH]n2)nc1-c1ccc(OC(F)F)cc1. The summed E-state index contributed by atoms with van der Waals surface area (Å²) >= 11 is 1.34. The summed E-state index contributed by atoms with van der Waals surface area (Å²) in [5.41, 5.74) is 2.75. The van der Waals surface area contributed by atoms with Gasteiger partial charge in [0.25, 0.3) is 5.91 Å². The van der Waals surface area contributed by atoms with Gasteiger partial charge in [-0.25, -0.2) is 4.98 Å². The van der Waals surface area contributed by atoms with Crippen LogP contribution in [0.15, 0.2) is 30.3 Å². The van der Waals surface area contributed by atoms with Crippen LogP contribution in [0.2, 0.25) is 0 Å². The lowest BCUT2D eigenvalue weighted by Gasteiger charge is -2.05. The van der Waals surface area contributed by atoms with E-state index in [1.54, 1.807) is 18.2 Å². The van der Waals surface area contributed by atoms with Gasteiger partial charge in [0.15, 0.2) is 10.8 Å². The monoisotopic (exact) mass is 390 g/mol. The third kappa shape index (κ3) is 3.97. The number of nitrogens with one attached hydrogen (secondary N) is 2. The van der Waals surface area contributed by atoms with E-state index in [9.17, 15) is 13.6 Å². The van der Waals surface area contributed by atoms with Crippen molar-refractivity contribution in [3.8, 4) is 17.0 Å². The highest BCUT2D eigenvalue weighted by atomic mass is 32.1. The average molecular weight is 390 g/mol. The van der Waals surface area contributed by atoms with E-state index in [1.165, 1.54) is 23.5 Å². The molecule has 2 aromatic heterocycles. The average Bonchev–Trinajstić information content (AvgIpc) is 3.24. The predicted octanol–water partition coefficient (Wildman–Crippen LogP) is 4.57. The van der Waals surface area contributed by atoms with Crippen molar-refractivity contribution < 1.29 is 18.3 Å². The molecule has 0 spiro atoms. The van der Waals surface area contributed by atoms with Crippen LogP contribution in [-0.2, 0) is 0 Å². The molecule has 0 bridgehead atoms. The standard InChI is InChI=1S/C18H16F2N4O2S/c1-9-15(11-4-6-12(7-5-11)26-17(19)20)21-18(27-9)22-16(25)14-8-13(23-24-14)10-2-3-10/h4-8,10,17H,2-3H2,1H3,(H,23,24)(H,21,22,25). The highest BCUT2D eigenvalue weighted by Crippen LogP contribution is 2.39. The maximum atomic E-state index is 12.4. The number of aromatic nitrogens is 3. The van der Waals surface area contributed by atoms with Gasteiger partial charge in [-0.15, -0.1) is 11.3 Å². The second-order valence-corrected chi connectivity index (χ2v) is 7.47. The Labute approximate surface area is 157 Å². The summed E-state index contributed by atoms with van der Waals surface area (Å²) in [4.78, 5) is 17.7. The van der Waals surface area contributed by atoms with Crippen molar-refractivity contribution in [2.24, 2.45) is 0 Å². The molecule has 1 aliphatic carbocycles. The van der Waals surface area contributed by atoms with Gasteiger partial charge in [-0.3, -0.25) is 15.2 Å². The molecular formula is C18H16F2N4O2S. The molecule has 0 aliphatic heterocycles. The molecule has 9 heteroatoms. The number of aromatic amines is 1. The number of benzene rings is 1. The number of hydrogen-bond donors (Lipinski definition) is 2. The zero-order valence-electron chi connectivity index (χ0n) is 14.3. The second kappa shape index (κ2) is 7.07. The fourth-order valence-electron chi connectivity index (χ4n) is 2.73. The van der Waals surface area contributed by atoms with Crippen molar-refractivity contribution in [3.63, 3.8) is 0 Å². The lowest BCUT2D eigenvalue weighted by Crippen LogP contribution is -2.12. The number of nitrogens with zero attached hydrogens (tertiary/aromatic N) is 2. The van der Waals surface area contributed by atoms with Crippen molar-refractivity contribution in [3.05, 3.63) is 46.6 Å². The number of rotatable bonds is 6. The van der Waals surface area contributed by atoms with Gasteiger partial charge < -0.3 is 4.74 Å². The van der Waals surface area contributed by atoms with Gasteiger partial charge in [-0.1, -0.05) is 0 Å². The van der Waals surface area contributed by atoms with Crippen molar-refractivity contribution in [2.75, 3.05) is 5.32 Å². The first-order valence-electron chi connectivity index (χ1n) is 8.39. The molecule has 1 saturated carbocycles. The third-order valence-corrected chi connectivity index (χ3v) is 5.10. The minimum absolute atomic E-state index is 0.0835. The third-order valence-electron chi connectivity index (χ3n) is 4.22. The molecule has 3 aromatic rings. The van der Waals surface area contributed by atoms with E-state index in [1.807, 2.05) is 6.92 Å². The van der Waals surface area contributed by atoms with Gasteiger partial charge in [0.1, 0.15) is 5.75 Å². The molecule has 27 heavy (non-hydrogen) atoms. The first-order valence-corrected chi connectivity index (χ1v) is 9.20. The molecule has 1 aromatic carbocycles. The Hall–Kier alpha value is -2.81. The quantitative estimate of drug-likeness (QED) is 0.646. The van der Waals surface area contributed by atoms with Crippen LogP contribution in [0, 0.1) is 6.92 Å². The topological polar surface area (TPSA) is 79.9 Å². The summed E-state index contributed by atoms with van der Waals surface area (Å²) in [6.07, 6.45) is 2.25. The molecule has 0 atom stereocenters. The first-order chi connectivity index (χ1) is 13.0. The molecule has 2 N–H and O–H groups in total. The summed E-state index contributed by atoms with van der Waals surface area (Å²) in [6, 6.07) is 8.00. The van der Waals surface area contributed by atoms with Crippen molar-refractivity contribution in [2.45, 2.75) is 32.3 Å². The van der Waals surface area contributed by atoms with Crippen LogP contribution >= 0.6 is 11.3 Å². The highest BCUT2D eigenvalue weighted by Gasteiger charge is 2.26. The summed E-state index contributed by atoms with van der Waals surface area (Å²) < 4.78 is 28.8. The van der Waals surface area contributed by atoms with Crippen LogP contribution in [0.1, 0.15) is 39.8 Å². The molecule has 6 nitrogen and oxygen atoms in total. The number of thiazole rings is 1. The van der Waals surface area contributed by atoms with Crippen LogP contribution in [0.5, 0.6) is 5.75 Å². The fourth-order valence-corrected chi connectivity index (χ4v) is 3.56. The smallest absolute Gasteiger partial charge is 0.387 e. The summed E-state index contributed by atoms with van der Waals surface area (Å²) in [5.74, 6) is 0.254. The number of aryl methyl sites for hydroxylation is 1. The number of carbonyl (C=O) groups excluding carboxylic acids is 1. The Morgan fingerprint density at radius 1 is 1.33 bits per heavy atom. The number of amides is 1. The number of carbonyl (C=O) groups is 1. The Balaban J connectivity index is 1.48. The van der Waals surface area contributed by atoms with E-state index in [0.29, 0.717) is 22.4 Å². The van der Waals surface area contributed by atoms with Crippen LogP contribution < -0.4 is 10.1 Å². The second-order valence-electron chi connectivity index (χ2n) is 6.26. The number of halogens is 2. The van der Waals surface area contributed by atoms with Gasteiger partial charge in [0, 0.05) is 22.1 Å². The van der Waals surface area contributed by atoms with Crippen LogP contribution in [-0.4, -0.2) is 27.7 Å². The highest BCUT2D eigenvalue weighted by molar-refractivity contribution is 7.16. The van der Waals surface area contributed by atoms with Gasteiger partial charge in [-0.05, 0) is 50.1 Å². The Morgan fingerprint density at radius 3 is 2.74 bits per heavy atom. The molecule has 1 aliphatic rings. The molecule has 1 amide bonds. The summed E-state index contributed by atoms with van der Waals surface area (Å²) in [6.45, 7) is -0.979. The normalized spacial score (nSPS) is 13.8. The van der Waals surface area contributed by atoms with E-state index >= 15 is 0 Å². The lowest BCUT2D eigenvalue weighted by atomic mass is 10.1. The predicted molar refractivity (Wildman–Crippen MR) is 97.4 cm³/mol. The van der Waals surface area contributed by atoms with E-state index < -0.39 is 6.61 Å². The lowest BCUT2D eigenvalue weighted by molar-refractivity contribution is -0.0498. The zero-order chi connectivity index (χ0) is 19.0. The van der Waals surface area contributed by atoms with Gasteiger partial charge >= 0.3 is 6.61 Å². The van der Waals surface area contributed by atoms with E-state index in [4.69, 9.17) is 0 Å². The molecule has 2 heterocycles. The molecule has 140 valence electrons. The van der Waals surface area contributed by atoms with Crippen LogP contribution in [0.3, 0.4) is 0 Å². The molecule has 4 rings (SSSR count). The van der Waals surface area contributed by atoms with Crippen molar-refractivity contribution >= 4 is 22.4 Å². The number of H-pyrrole nitrogens is 1. The number of hydrogen-bond acceptors (Lipinski definition) is 5. The summed E-state index contributed by atoms with van der Waals surface area (Å²) in [7, 11) is 0. The largest absolute Gasteiger partial charge is 0.435 e. The maximum absolute atomic E-state index is 12.4. The first kappa shape index (κ1) is 17.6. The summed E-state index contributed by atoms with van der Waals surface area (Å²) in [5, 5.41) is 10.2. The maximum Gasteiger partial charge on any atom is 0.387 e. The van der Waals surface area contributed by atoms with Crippen LogP contribution in [0.25, 0.3) is 11.3 Å². The van der Waals surface area contributed by atoms with Crippen molar-refractivity contribution in [1.82, 2.24) is 15.2 Å².